The molecule has 0 fully saturated rings. The zero-order chi connectivity index (χ0) is 20.9. The molecule has 2 heterocycles. The van der Waals surface area contributed by atoms with Crippen molar-refractivity contribution in [2.75, 3.05) is 13.2 Å². The Morgan fingerprint density at radius 1 is 1.10 bits per heavy atom. The average molecular weight is 420 g/mol. The van der Waals surface area contributed by atoms with Gasteiger partial charge in [-0.2, -0.15) is 0 Å². The van der Waals surface area contributed by atoms with E-state index in [-0.39, 0.29) is 5.91 Å². The molecule has 0 saturated heterocycles. The number of aromatic nitrogens is 2. The number of rotatable bonds is 8. The van der Waals surface area contributed by atoms with Crippen LogP contribution in [0.1, 0.15) is 26.6 Å². The van der Waals surface area contributed by atoms with E-state index in [1.165, 1.54) is 22.5 Å². The van der Waals surface area contributed by atoms with Crippen molar-refractivity contribution in [1.29, 1.82) is 0 Å². The molecule has 2 aromatic carbocycles. The monoisotopic (exact) mass is 419 g/mol. The van der Waals surface area contributed by atoms with Crippen LogP contribution in [0, 0.1) is 13.8 Å². The summed E-state index contributed by atoms with van der Waals surface area (Å²) in [5, 5.41) is 4.89. The van der Waals surface area contributed by atoms with Gasteiger partial charge in [0, 0.05) is 13.0 Å². The van der Waals surface area contributed by atoms with Crippen LogP contribution in [0.2, 0.25) is 0 Å². The molecule has 1 N–H and O–H groups in total. The molecular weight excluding hydrogens is 394 g/mol. The zero-order valence-corrected chi connectivity index (χ0v) is 18.0. The highest BCUT2D eigenvalue weighted by atomic mass is 32.1. The molecular formula is C24H25N3O2S. The second-order valence-corrected chi connectivity index (χ2v) is 8.15. The standard InChI is InChI=1S/C24H25N3O2S/c1-17-7-5-10-21(18(17)2)29-15-14-27-20-9-4-3-8-19(20)26-23(27)12-13-25-24(28)22-11-6-16-30-22/h3-11,16H,12-15H2,1-2H3,(H,25,28). The first-order valence-electron chi connectivity index (χ1n) is 10.1. The number of hydrogen-bond acceptors (Lipinski definition) is 4. The van der Waals surface area contributed by atoms with Gasteiger partial charge in [-0.1, -0.05) is 30.3 Å². The highest BCUT2D eigenvalue weighted by molar-refractivity contribution is 7.12. The van der Waals surface area contributed by atoms with Gasteiger partial charge in [-0.15, -0.1) is 11.3 Å². The normalized spacial score (nSPS) is 11.0. The lowest BCUT2D eigenvalue weighted by molar-refractivity contribution is 0.0958. The second-order valence-electron chi connectivity index (χ2n) is 7.20. The fourth-order valence-corrected chi connectivity index (χ4v) is 4.12. The number of carbonyl (C=O) groups excluding carboxylic acids is 1. The summed E-state index contributed by atoms with van der Waals surface area (Å²) in [4.78, 5) is 17.7. The fourth-order valence-electron chi connectivity index (χ4n) is 3.48. The van der Waals surface area contributed by atoms with Crippen molar-refractivity contribution in [3.63, 3.8) is 0 Å². The Kier molecular flexibility index (Phi) is 6.14. The van der Waals surface area contributed by atoms with Crippen molar-refractivity contribution >= 4 is 28.3 Å². The topological polar surface area (TPSA) is 56.1 Å². The van der Waals surface area contributed by atoms with Crippen LogP contribution in [0.25, 0.3) is 11.0 Å². The van der Waals surface area contributed by atoms with Crippen molar-refractivity contribution in [2.24, 2.45) is 0 Å². The summed E-state index contributed by atoms with van der Waals surface area (Å²) < 4.78 is 8.26. The van der Waals surface area contributed by atoms with E-state index in [0.717, 1.165) is 27.5 Å². The van der Waals surface area contributed by atoms with Gasteiger partial charge in [0.15, 0.2) is 0 Å². The lowest BCUT2D eigenvalue weighted by atomic mass is 10.1. The van der Waals surface area contributed by atoms with Crippen LogP contribution in [0.5, 0.6) is 5.75 Å². The van der Waals surface area contributed by atoms with Crippen molar-refractivity contribution < 1.29 is 9.53 Å². The van der Waals surface area contributed by atoms with Gasteiger partial charge in [0.25, 0.3) is 5.91 Å². The van der Waals surface area contributed by atoms with E-state index in [9.17, 15) is 4.79 Å². The summed E-state index contributed by atoms with van der Waals surface area (Å²) >= 11 is 1.45. The van der Waals surface area contributed by atoms with Crippen molar-refractivity contribution in [1.82, 2.24) is 14.9 Å². The molecule has 1 amide bonds. The molecule has 5 nitrogen and oxygen atoms in total. The smallest absolute Gasteiger partial charge is 0.261 e. The molecule has 0 aliphatic heterocycles. The Hall–Kier alpha value is -3.12. The van der Waals surface area contributed by atoms with Gasteiger partial charge in [0.1, 0.15) is 18.2 Å². The fraction of sp³-hybridized carbons (Fsp3) is 0.250. The number of nitrogens with one attached hydrogen (secondary N) is 1. The molecule has 0 atom stereocenters. The SMILES string of the molecule is Cc1cccc(OCCn2c(CCNC(=O)c3cccs3)nc3ccccc32)c1C. The summed E-state index contributed by atoms with van der Waals surface area (Å²) in [6.07, 6.45) is 0.662. The first kappa shape index (κ1) is 20.2. The third-order valence-corrected chi connectivity index (χ3v) is 6.11. The van der Waals surface area contributed by atoms with E-state index < -0.39 is 0 Å². The number of benzene rings is 2. The Morgan fingerprint density at radius 3 is 2.80 bits per heavy atom. The molecule has 4 aromatic rings. The molecule has 0 unspecified atom stereocenters. The summed E-state index contributed by atoms with van der Waals surface area (Å²) in [5.74, 6) is 1.84. The molecule has 0 radical (unpaired) electrons. The summed E-state index contributed by atoms with van der Waals surface area (Å²) in [5.41, 5.74) is 4.44. The number of nitrogens with zero attached hydrogens (tertiary/aromatic N) is 2. The van der Waals surface area contributed by atoms with Crippen LogP contribution in [0.15, 0.2) is 60.0 Å². The Morgan fingerprint density at radius 2 is 1.97 bits per heavy atom. The molecule has 0 spiro atoms. The van der Waals surface area contributed by atoms with Crippen LogP contribution in [0.3, 0.4) is 0 Å². The minimum Gasteiger partial charge on any atom is -0.491 e. The van der Waals surface area contributed by atoms with E-state index in [2.05, 4.69) is 35.9 Å². The maximum atomic E-state index is 12.2. The molecule has 0 bridgehead atoms. The molecule has 2 aromatic heterocycles. The molecule has 0 saturated carbocycles. The summed E-state index contributed by atoms with van der Waals surface area (Å²) in [7, 11) is 0. The predicted octanol–water partition coefficient (Wildman–Crippen LogP) is 4.77. The summed E-state index contributed by atoms with van der Waals surface area (Å²) in [6.45, 7) is 5.96. The molecule has 0 aliphatic carbocycles. The number of aryl methyl sites for hydroxylation is 1. The van der Waals surface area contributed by atoms with Gasteiger partial charge in [0.05, 0.1) is 22.5 Å². The van der Waals surface area contributed by atoms with E-state index in [0.29, 0.717) is 26.1 Å². The Balaban J connectivity index is 1.44. The molecule has 6 heteroatoms. The highest BCUT2D eigenvalue weighted by Gasteiger charge is 2.12. The predicted molar refractivity (Wildman–Crippen MR) is 122 cm³/mol. The first-order chi connectivity index (χ1) is 14.6. The second kappa shape index (κ2) is 9.13. The maximum absolute atomic E-state index is 12.2. The van der Waals surface area contributed by atoms with E-state index >= 15 is 0 Å². The third kappa shape index (κ3) is 4.39. The number of imidazole rings is 1. The van der Waals surface area contributed by atoms with Gasteiger partial charge in [-0.25, -0.2) is 4.98 Å². The number of para-hydroxylation sites is 2. The van der Waals surface area contributed by atoms with E-state index in [1.807, 2.05) is 47.8 Å². The number of carbonyl (C=O) groups is 1. The van der Waals surface area contributed by atoms with Gasteiger partial charge >= 0.3 is 0 Å². The molecule has 30 heavy (non-hydrogen) atoms. The first-order valence-corrected chi connectivity index (χ1v) is 11.0. The van der Waals surface area contributed by atoms with E-state index in [1.54, 1.807) is 0 Å². The van der Waals surface area contributed by atoms with Crippen molar-refractivity contribution in [3.8, 4) is 5.75 Å². The van der Waals surface area contributed by atoms with Crippen molar-refractivity contribution in [2.45, 2.75) is 26.8 Å². The third-order valence-electron chi connectivity index (χ3n) is 5.24. The van der Waals surface area contributed by atoms with Gasteiger partial charge in [-0.05, 0) is 54.6 Å². The van der Waals surface area contributed by atoms with Crippen LogP contribution in [-0.2, 0) is 13.0 Å². The van der Waals surface area contributed by atoms with Crippen molar-refractivity contribution in [3.05, 3.63) is 81.8 Å². The maximum Gasteiger partial charge on any atom is 0.261 e. The quantitative estimate of drug-likeness (QED) is 0.448. The van der Waals surface area contributed by atoms with Crippen LogP contribution in [0.4, 0.5) is 0 Å². The largest absolute Gasteiger partial charge is 0.491 e. The Labute approximate surface area is 180 Å². The number of thiophene rings is 1. The highest BCUT2D eigenvalue weighted by Crippen LogP contribution is 2.21. The summed E-state index contributed by atoms with van der Waals surface area (Å²) in [6, 6.07) is 18.0. The number of amides is 1. The average Bonchev–Trinajstić information content (AvgIpc) is 3.40. The van der Waals surface area contributed by atoms with Crippen LogP contribution in [-0.4, -0.2) is 28.6 Å². The van der Waals surface area contributed by atoms with Gasteiger partial charge in [-0.3, -0.25) is 4.79 Å². The molecule has 4 rings (SSSR count). The van der Waals surface area contributed by atoms with Gasteiger partial charge in [0.2, 0.25) is 0 Å². The number of hydrogen-bond donors (Lipinski definition) is 1. The minimum absolute atomic E-state index is 0.0362. The Bertz CT molecular complexity index is 1150. The zero-order valence-electron chi connectivity index (χ0n) is 17.2. The molecule has 0 aliphatic rings. The van der Waals surface area contributed by atoms with Crippen LogP contribution < -0.4 is 10.1 Å². The number of ether oxygens (including phenoxy) is 1. The van der Waals surface area contributed by atoms with Crippen LogP contribution >= 0.6 is 11.3 Å². The van der Waals surface area contributed by atoms with E-state index in [4.69, 9.17) is 9.72 Å². The lowest BCUT2D eigenvalue weighted by Crippen LogP contribution is -2.26. The minimum atomic E-state index is -0.0362. The lowest BCUT2D eigenvalue weighted by Gasteiger charge is -2.13. The number of fused-ring (bicyclic) bond motifs is 1. The van der Waals surface area contributed by atoms with Gasteiger partial charge < -0.3 is 14.6 Å². The molecule has 154 valence electrons.